The molecule has 0 aliphatic rings. The Morgan fingerprint density at radius 3 is 2.52 bits per heavy atom. The van der Waals surface area contributed by atoms with Crippen LogP contribution < -0.4 is 10.0 Å². The Bertz CT molecular complexity index is 872. The van der Waals surface area contributed by atoms with Crippen LogP contribution in [0.4, 0.5) is 5.69 Å². The summed E-state index contributed by atoms with van der Waals surface area (Å²) in [6.07, 6.45) is 0.452. The number of aromatic carboxylic acids is 1. The zero-order valence-corrected chi connectivity index (χ0v) is 14.3. The molecule has 0 saturated carbocycles. The summed E-state index contributed by atoms with van der Waals surface area (Å²) in [6, 6.07) is 8.95. The molecule has 2 rings (SSSR count). The van der Waals surface area contributed by atoms with Crippen molar-refractivity contribution in [1.82, 2.24) is 5.32 Å². The number of amides is 1. The van der Waals surface area contributed by atoms with Crippen molar-refractivity contribution in [2.45, 2.75) is 19.9 Å². The third-order valence-electron chi connectivity index (χ3n) is 3.21. The van der Waals surface area contributed by atoms with Crippen molar-refractivity contribution < 1.29 is 27.5 Å². The third kappa shape index (κ3) is 5.08. The summed E-state index contributed by atoms with van der Waals surface area (Å²) in [5.41, 5.74) is 0.339. The summed E-state index contributed by atoms with van der Waals surface area (Å²) in [6.45, 7) is 1.72. The van der Waals surface area contributed by atoms with Gasteiger partial charge in [0.25, 0.3) is 5.91 Å². The normalized spacial score (nSPS) is 11.1. The van der Waals surface area contributed by atoms with E-state index in [0.717, 1.165) is 0 Å². The molecule has 0 radical (unpaired) electrons. The van der Waals surface area contributed by atoms with E-state index in [2.05, 4.69) is 10.0 Å². The van der Waals surface area contributed by atoms with E-state index in [0.29, 0.717) is 6.42 Å². The number of carboxylic acids is 1. The average molecular weight is 366 g/mol. The molecule has 8 nitrogen and oxygen atoms in total. The van der Waals surface area contributed by atoms with E-state index in [1.54, 1.807) is 19.1 Å². The molecule has 1 aromatic heterocycles. The number of carbonyl (C=O) groups excluding carboxylic acids is 1. The van der Waals surface area contributed by atoms with Crippen molar-refractivity contribution in [3.8, 4) is 0 Å². The van der Waals surface area contributed by atoms with Gasteiger partial charge in [0, 0.05) is 0 Å². The number of sulfonamides is 1. The molecular formula is C16H18N2O6S. The second kappa shape index (κ2) is 7.84. The number of hydrogen-bond acceptors (Lipinski definition) is 5. The molecule has 0 aliphatic carbocycles. The van der Waals surface area contributed by atoms with Gasteiger partial charge < -0.3 is 14.8 Å². The first-order chi connectivity index (χ1) is 11.8. The quantitative estimate of drug-likeness (QED) is 0.656. The maximum absolute atomic E-state index is 12.3. The van der Waals surface area contributed by atoms with Crippen molar-refractivity contribution in [3.63, 3.8) is 0 Å². The largest absolute Gasteiger partial charge is 0.475 e. The van der Waals surface area contributed by atoms with E-state index in [9.17, 15) is 18.0 Å². The van der Waals surface area contributed by atoms with Gasteiger partial charge in [-0.2, -0.15) is 0 Å². The van der Waals surface area contributed by atoms with Crippen LogP contribution in [0.2, 0.25) is 0 Å². The number of nitrogens with one attached hydrogen (secondary N) is 2. The molecule has 134 valence electrons. The van der Waals surface area contributed by atoms with Crippen molar-refractivity contribution in [1.29, 1.82) is 0 Å². The van der Waals surface area contributed by atoms with Gasteiger partial charge in [-0.25, -0.2) is 13.2 Å². The Kier molecular flexibility index (Phi) is 5.81. The van der Waals surface area contributed by atoms with Crippen LogP contribution >= 0.6 is 0 Å². The Labute approximate surface area is 144 Å². The van der Waals surface area contributed by atoms with Crippen LogP contribution in [0.15, 0.2) is 40.8 Å². The number of benzene rings is 1. The molecule has 1 heterocycles. The van der Waals surface area contributed by atoms with Crippen molar-refractivity contribution in [2.24, 2.45) is 0 Å². The van der Waals surface area contributed by atoms with Gasteiger partial charge in [0.2, 0.25) is 15.8 Å². The highest BCUT2D eigenvalue weighted by atomic mass is 32.2. The van der Waals surface area contributed by atoms with Crippen LogP contribution in [0.3, 0.4) is 0 Å². The topological polar surface area (TPSA) is 126 Å². The molecule has 9 heteroatoms. The number of anilines is 1. The summed E-state index contributed by atoms with van der Waals surface area (Å²) in [5.74, 6) is -1.71. The molecule has 0 bridgehead atoms. The highest BCUT2D eigenvalue weighted by Crippen LogP contribution is 2.17. The first-order valence-corrected chi connectivity index (χ1v) is 9.17. The lowest BCUT2D eigenvalue weighted by Gasteiger charge is -2.12. The van der Waals surface area contributed by atoms with Crippen LogP contribution in [0, 0.1) is 0 Å². The molecule has 0 atom stereocenters. The Hall–Kier alpha value is -2.81. The minimum absolute atomic E-state index is 0.0256. The smallest absolute Gasteiger partial charge is 0.371 e. The predicted octanol–water partition coefficient (Wildman–Crippen LogP) is 2.06. The lowest BCUT2D eigenvalue weighted by molar-refractivity contribution is 0.0660. The molecule has 2 aromatic rings. The molecule has 0 fully saturated rings. The minimum atomic E-state index is -3.53. The van der Waals surface area contributed by atoms with Crippen molar-refractivity contribution >= 4 is 27.6 Å². The highest BCUT2D eigenvalue weighted by molar-refractivity contribution is 7.92. The second-order valence-corrected chi connectivity index (χ2v) is 7.06. The van der Waals surface area contributed by atoms with E-state index >= 15 is 0 Å². The fourth-order valence-electron chi connectivity index (χ4n) is 2.11. The molecule has 0 spiro atoms. The second-order valence-electron chi connectivity index (χ2n) is 5.22. The van der Waals surface area contributed by atoms with Gasteiger partial charge in [-0.05, 0) is 30.7 Å². The maximum Gasteiger partial charge on any atom is 0.371 e. The SMILES string of the molecule is CCCS(=O)(=O)Nc1ccccc1C(=O)NCc1ccc(C(=O)O)o1. The van der Waals surface area contributed by atoms with Gasteiger partial charge >= 0.3 is 5.97 Å². The molecule has 0 saturated heterocycles. The molecule has 1 aromatic carbocycles. The van der Waals surface area contributed by atoms with E-state index in [1.807, 2.05) is 0 Å². The fraction of sp³-hybridized carbons (Fsp3) is 0.250. The third-order valence-corrected chi connectivity index (χ3v) is 4.68. The minimum Gasteiger partial charge on any atom is -0.475 e. The predicted molar refractivity (Wildman–Crippen MR) is 91.0 cm³/mol. The monoisotopic (exact) mass is 366 g/mol. The Balaban J connectivity index is 2.10. The molecule has 25 heavy (non-hydrogen) atoms. The number of carboxylic acid groups (broad SMARTS) is 1. The lowest BCUT2D eigenvalue weighted by Crippen LogP contribution is -2.25. The highest BCUT2D eigenvalue weighted by Gasteiger charge is 2.16. The standard InChI is InChI=1S/C16H18N2O6S/c1-2-9-25(22,23)18-13-6-4-3-5-12(13)15(19)17-10-11-7-8-14(24-11)16(20)21/h3-8,18H,2,9-10H2,1H3,(H,17,19)(H,20,21). The zero-order chi connectivity index (χ0) is 18.4. The summed E-state index contributed by atoms with van der Waals surface area (Å²) in [7, 11) is -3.53. The van der Waals surface area contributed by atoms with E-state index < -0.39 is 21.9 Å². The summed E-state index contributed by atoms with van der Waals surface area (Å²) >= 11 is 0. The van der Waals surface area contributed by atoms with E-state index in [-0.39, 0.29) is 35.1 Å². The average Bonchev–Trinajstić information content (AvgIpc) is 3.02. The van der Waals surface area contributed by atoms with Crippen LogP contribution in [0.25, 0.3) is 0 Å². The molecule has 0 unspecified atom stereocenters. The molecule has 0 aliphatic heterocycles. The number of hydrogen-bond donors (Lipinski definition) is 3. The number of rotatable bonds is 8. The Morgan fingerprint density at radius 2 is 1.88 bits per heavy atom. The number of para-hydroxylation sites is 1. The summed E-state index contributed by atoms with van der Waals surface area (Å²) in [4.78, 5) is 23.1. The molecular weight excluding hydrogens is 348 g/mol. The van der Waals surface area contributed by atoms with E-state index in [4.69, 9.17) is 9.52 Å². The lowest BCUT2D eigenvalue weighted by atomic mass is 10.1. The number of furan rings is 1. The van der Waals surface area contributed by atoms with E-state index in [1.165, 1.54) is 24.3 Å². The first-order valence-electron chi connectivity index (χ1n) is 7.52. The summed E-state index contributed by atoms with van der Waals surface area (Å²) < 4.78 is 31.3. The number of carbonyl (C=O) groups is 2. The van der Waals surface area contributed by atoms with Crippen LogP contribution in [0.5, 0.6) is 0 Å². The molecule has 1 amide bonds. The van der Waals surface area contributed by atoms with Crippen molar-refractivity contribution in [3.05, 3.63) is 53.5 Å². The fourth-order valence-corrected chi connectivity index (χ4v) is 3.26. The zero-order valence-electron chi connectivity index (χ0n) is 13.5. The Morgan fingerprint density at radius 1 is 1.16 bits per heavy atom. The van der Waals surface area contributed by atoms with Gasteiger partial charge in [0.05, 0.1) is 23.5 Å². The van der Waals surface area contributed by atoms with Gasteiger partial charge in [0.1, 0.15) is 5.76 Å². The van der Waals surface area contributed by atoms with Crippen LogP contribution in [-0.4, -0.2) is 31.2 Å². The van der Waals surface area contributed by atoms with Crippen LogP contribution in [0.1, 0.15) is 40.0 Å². The summed E-state index contributed by atoms with van der Waals surface area (Å²) in [5, 5.41) is 11.4. The van der Waals surface area contributed by atoms with Gasteiger partial charge in [-0.1, -0.05) is 19.1 Å². The maximum atomic E-state index is 12.3. The van der Waals surface area contributed by atoms with Gasteiger partial charge in [0.15, 0.2) is 0 Å². The first kappa shape index (κ1) is 18.5. The van der Waals surface area contributed by atoms with Gasteiger partial charge in [-0.3, -0.25) is 9.52 Å². The molecule has 3 N–H and O–H groups in total. The van der Waals surface area contributed by atoms with Crippen LogP contribution in [-0.2, 0) is 16.6 Å². The van der Waals surface area contributed by atoms with Crippen molar-refractivity contribution in [2.75, 3.05) is 10.5 Å². The van der Waals surface area contributed by atoms with Gasteiger partial charge in [-0.15, -0.1) is 0 Å².